The van der Waals surface area contributed by atoms with Crippen molar-refractivity contribution in [2.24, 2.45) is 7.05 Å². The lowest BCUT2D eigenvalue weighted by atomic mass is 10.1. The standard InChI is InChI=1S/C15H21N5O2/c1-3-13(21)20-8-6-4-5-7-12(20)14-17-15(22-18-14)11-9-16-19(2)10-11/h9-10,12H,3-8H2,1-2H3. The third-order valence-electron chi connectivity index (χ3n) is 4.07. The predicted octanol–water partition coefficient (Wildman–Crippen LogP) is 2.32. The zero-order valence-corrected chi connectivity index (χ0v) is 13.0. The van der Waals surface area contributed by atoms with Crippen molar-refractivity contribution in [3.05, 3.63) is 18.2 Å². The molecule has 0 aliphatic carbocycles. The summed E-state index contributed by atoms with van der Waals surface area (Å²) in [5.41, 5.74) is 0.795. The molecule has 118 valence electrons. The van der Waals surface area contributed by atoms with Crippen LogP contribution in [0.2, 0.25) is 0 Å². The van der Waals surface area contributed by atoms with Crippen molar-refractivity contribution >= 4 is 5.91 Å². The number of carbonyl (C=O) groups is 1. The Kier molecular flexibility index (Phi) is 4.22. The Morgan fingerprint density at radius 3 is 3.00 bits per heavy atom. The van der Waals surface area contributed by atoms with Gasteiger partial charge in [-0.2, -0.15) is 10.1 Å². The van der Waals surface area contributed by atoms with Crippen molar-refractivity contribution in [1.82, 2.24) is 24.8 Å². The minimum Gasteiger partial charge on any atom is -0.334 e. The molecule has 3 heterocycles. The van der Waals surface area contributed by atoms with Gasteiger partial charge in [-0.3, -0.25) is 9.48 Å². The van der Waals surface area contributed by atoms with Crippen molar-refractivity contribution in [3.63, 3.8) is 0 Å². The highest BCUT2D eigenvalue weighted by Gasteiger charge is 2.29. The summed E-state index contributed by atoms with van der Waals surface area (Å²) in [7, 11) is 1.84. The van der Waals surface area contributed by atoms with Crippen LogP contribution in [0.5, 0.6) is 0 Å². The van der Waals surface area contributed by atoms with Crippen LogP contribution in [0.1, 0.15) is 50.9 Å². The Labute approximate surface area is 129 Å². The molecule has 1 fully saturated rings. The van der Waals surface area contributed by atoms with E-state index in [2.05, 4.69) is 15.2 Å². The molecule has 0 N–H and O–H groups in total. The number of hydrogen-bond acceptors (Lipinski definition) is 5. The van der Waals surface area contributed by atoms with Crippen LogP contribution in [0.3, 0.4) is 0 Å². The third-order valence-corrected chi connectivity index (χ3v) is 4.07. The average Bonchev–Trinajstić information content (AvgIpc) is 3.10. The van der Waals surface area contributed by atoms with E-state index in [0.717, 1.165) is 37.8 Å². The molecule has 1 amide bonds. The van der Waals surface area contributed by atoms with Crippen LogP contribution in [0, 0.1) is 0 Å². The molecule has 3 rings (SSSR count). The van der Waals surface area contributed by atoms with Gasteiger partial charge in [-0.25, -0.2) is 0 Å². The van der Waals surface area contributed by atoms with E-state index >= 15 is 0 Å². The molecule has 0 saturated carbocycles. The van der Waals surface area contributed by atoms with Gasteiger partial charge in [0, 0.05) is 26.2 Å². The molecular formula is C15H21N5O2. The molecule has 0 radical (unpaired) electrons. The second-order valence-electron chi connectivity index (χ2n) is 5.67. The molecule has 1 atom stereocenters. The fourth-order valence-electron chi connectivity index (χ4n) is 2.90. The zero-order chi connectivity index (χ0) is 15.5. The number of amides is 1. The van der Waals surface area contributed by atoms with Crippen LogP contribution in [0.4, 0.5) is 0 Å². The summed E-state index contributed by atoms with van der Waals surface area (Å²) in [4.78, 5) is 18.6. The van der Waals surface area contributed by atoms with Gasteiger partial charge in [-0.1, -0.05) is 24.9 Å². The minimum absolute atomic E-state index is 0.0795. The lowest BCUT2D eigenvalue weighted by molar-refractivity contribution is -0.133. The van der Waals surface area contributed by atoms with Crippen LogP contribution in [0.25, 0.3) is 11.5 Å². The first-order chi connectivity index (χ1) is 10.7. The van der Waals surface area contributed by atoms with E-state index in [0.29, 0.717) is 18.1 Å². The van der Waals surface area contributed by atoms with E-state index in [4.69, 9.17) is 4.52 Å². The first kappa shape index (κ1) is 14.7. The maximum atomic E-state index is 12.2. The monoisotopic (exact) mass is 303 g/mol. The Balaban J connectivity index is 1.87. The highest BCUT2D eigenvalue weighted by atomic mass is 16.5. The number of nitrogens with zero attached hydrogens (tertiary/aromatic N) is 5. The average molecular weight is 303 g/mol. The summed E-state index contributed by atoms with van der Waals surface area (Å²) in [5, 5.41) is 8.23. The number of aryl methyl sites for hydroxylation is 1. The number of likely N-dealkylation sites (tertiary alicyclic amines) is 1. The van der Waals surface area contributed by atoms with E-state index in [1.165, 1.54) is 0 Å². The Bertz CT molecular complexity index is 648. The molecule has 1 aliphatic heterocycles. The van der Waals surface area contributed by atoms with Crippen LogP contribution in [-0.2, 0) is 11.8 Å². The molecule has 7 heteroatoms. The van der Waals surface area contributed by atoms with Crippen molar-refractivity contribution in [1.29, 1.82) is 0 Å². The molecule has 0 aromatic carbocycles. The third kappa shape index (κ3) is 2.88. The summed E-state index contributed by atoms with van der Waals surface area (Å²) in [6.45, 7) is 2.66. The molecule has 1 unspecified atom stereocenters. The predicted molar refractivity (Wildman–Crippen MR) is 79.7 cm³/mol. The van der Waals surface area contributed by atoms with E-state index in [9.17, 15) is 4.79 Å². The van der Waals surface area contributed by atoms with Gasteiger partial charge in [0.05, 0.1) is 17.8 Å². The maximum Gasteiger partial charge on any atom is 0.261 e. The SMILES string of the molecule is CCC(=O)N1CCCCCC1c1noc(-c2cnn(C)c2)n1. The quantitative estimate of drug-likeness (QED) is 0.869. The van der Waals surface area contributed by atoms with Gasteiger partial charge < -0.3 is 9.42 Å². The van der Waals surface area contributed by atoms with Gasteiger partial charge >= 0.3 is 0 Å². The van der Waals surface area contributed by atoms with Crippen molar-refractivity contribution in [2.45, 2.75) is 45.1 Å². The molecule has 2 aromatic heterocycles. The summed E-state index contributed by atoms with van der Waals surface area (Å²) in [5.74, 6) is 1.21. The molecule has 0 bridgehead atoms. The lowest BCUT2D eigenvalue weighted by Crippen LogP contribution is -2.34. The number of rotatable bonds is 3. The fourth-order valence-corrected chi connectivity index (χ4v) is 2.90. The maximum absolute atomic E-state index is 12.2. The Morgan fingerprint density at radius 1 is 1.41 bits per heavy atom. The van der Waals surface area contributed by atoms with Crippen molar-refractivity contribution in [2.75, 3.05) is 6.54 Å². The van der Waals surface area contributed by atoms with Gasteiger partial charge in [0.1, 0.15) is 0 Å². The Morgan fingerprint density at radius 2 is 2.27 bits per heavy atom. The molecule has 2 aromatic rings. The molecule has 0 spiro atoms. The summed E-state index contributed by atoms with van der Waals surface area (Å²) in [6.07, 6.45) is 8.17. The van der Waals surface area contributed by atoms with Gasteiger partial charge in [-0.05, 0) is 12.8 Å². The smallest absolute Gasteiger partial charge is 0.261 e. The summed E-state index contributed by atoms with van der Waals surface area (Å²) in [6, 6.07) is -0.0795. The first-order valence-electron chi connectivity index (χ1n) is 7.81. The van der Waals surface area contributed by atoms with Crippen LogP contribution >= 0.6 is 0 Å². The summed E-state index contributed by atoms with van der Waals surface area (Å²) >= 11 is 0. The van der Waals surface area contributed by atoms with E-state index in [1.54, 1.807) is 10.9 Å². The number of aromatic nitrogens is 4. The number of hydrogen-bond donors (Lipinski definition) is 0. The van der Waals surface area contributed by atoms with Crippen LogP contribution in [-0.4, -0.2) is 37.3 Å². The van der Waals surface area contributed by atoms with Gasteiger partial charge in [0.15, 0.2) is 5.82 Å². The van der Waals surface area contributed by atoms with Crippen molar-refractivity contribution in [3.8, 4) is 11.5 Å². The second kappa shape index (κ2) is 6.29. The van der Waals surface area contributed by atoms with E-state index < -0.39 is 0 Å². The van der Waals surface area contributed by atoms with E-state index in [-0.39, 0.29) is 11.9 Å². The largest absolute Gasteiger partial charge is 0.334 e. The molecule has 1 aliphatic rings. The first-order valence-corrected chi connectivity index (χ1v) is 7.81. The van der Waals surface area contributed by atoms with Gasteiger partial charge in [-0.15, -0.1) is 0 Å². The lowest BCUT2D eigenvalue weighted by Gasteiger charge is -2.27. The van der Waals surface area contributed by atoms with Crippen molar-refractivity contribution < 1.29 is 9.32 Å². The van der Waals surface area contributed by atoms with Gasteiger partial charge in [0.2, 0.25) is 5.91 Å². The highest BCUT2D eigenvalue weighted by molar-refractivity contribution is 5.76. The molecule has 22 heavy (non-hydrogen) atoms. The molecule has 1 saturated heterocycles. The normalized spacial score (nSPS) is 19.2. The molecular weight excluding hydrogens is 282 g/mol. The van der Waals surface area contributed by atoms with Gasteiger partial charge in [0.25, 0.3) is 5.89 Å². The van der Waals surface area contributed by atoms with E-state index in [1.807, 2.05) is 25.1 Å². The molecule has 7 nitrogen and oxygen atoms in total. The fraction of sp³-hybridized carbons (Fsp3) is 0.600. The topological polar surface area (TPSA) is 77.0 Å². The Hall–Kier alpha value is -2.18. The van der Waals surface area contributed by atoms with Crippen LogP contribution in [0.15, 0.2) is 16.9 Å². The summed E-state index contributed by atoms with van der Waals surface area (Å²) < 4.78 is 7.06. The number of carbonyl (C=O) groups excluding carboxylic acids is 1. The second-order valence-corrected chi connectivity index (χ2v) is 5.67. The van der Waals surface area contributed by atoms with Crippen LogP contribution < -0.4 is 0 Å². The highest BCUT2D eigenvalue weighted by Crippen LogP contribution is 2.30. The zero-order valence-electron chi connectivity index (χ0n) is 13.0. The minimum atomic E-state index is -0.0795.